The Bertz CT molecular complexity index is 781. The number of hydrogen-bond acceptors (Lipinski definition) is 3. The van der Waals surface area contributed by atoms with Crippen LogP contribution in [0.2, 0.25) is 0 Å². The number of hydrogen-bond donors (Lipinski definition) is 2. The molecule has 0 aromatic heterocycles. The fraction of sp³-hybridized carbons (Fsp3) is 0.333. The van der Waals surface area contributed by atoms with Gasteiger partial charge >= 0.3 is 5.97 Å². The van der Waals surface area contributed by atoms with Gasteiger partial charge in [0, 0.05) is 12.1 Å². The number of nitrogens with one attached hydrogen (secondary N) is 1. The summed E-state index contributed by atoms with van der Waals surface area (Å²) in [6.07, 6.45) is 0.322. The average Bonchev–Trinajstić information content (AvgIpc) is 2.61. The number of carboxylic acid groups (broad SMARTS) is 1. The van der Waals surface area contributed by atoms with Crippen molar-refractivity contribution in [3.8, 4) is 5.75 Å². The first-order valence-electron chi connectivity index (χ1n) is 8.52. The molecule has 0 saturated heterocycles. The molecule has 0 fully saturated rings. The predicted molar refractivity (Wildman–Crippen MR) is 102 cm³/mol. The second-order valence-corrected chi connectivity index (χ2v) is 6.90. The third-order valence-corrected chi connectivity index (χ3v) is 4.59. The van der Waals surface area contributed by atoms with E-state index >= 15 is 0 Å². The number of carbonyl (C=O) groups is 2. The molecule has 2 N–H and O–H groups in total. The molecule has 2 aromatic rings. The molecule has 2 aromatic carbocycles. The van der Waals surface area contributed by atoms with Gasteiger partial charge in [0.25, 0.3) is 0 Å². The highest BCUT2D eigenvalue weighted by Gasteiger charge is 2.29. The van der Waals surface area contributed by atoms with E-state index in [-0.39, 0.29) is 11.8 Å². The maximum Gasteiger partial charge on any atom is 0.313 e. The quantitative estimate of drug-likeness (QED) is 0.781. The van der Waals surface area contributed by atoms with Crippen LogP contribution in [0, 0.1) is 0 Å². The van der Waals surface area contributed by atoms with E-state index in [2.05, 4.69) is 5.32 Å². The minimum atomic E-state index is -0.971. The van der Waals surface area contributed by atoms with Crippen LogP contribution in [0.4, 0.5) is 5.69 Å². The summed E-state index contributed by atoms with van der Waals surface area (Å²) in [7, 11) is 1.62. The normalized spacial score (nSPS) is 12.3. The maximum atomic E-state index is 12.3. The van der Waals surface area contributed by atoms with Crippen molar-refractivity contribution in [3.05, 3.63) is 59.7 Å². The lowest BCUT2D eigenvalue weighted by Gasteiger charge is -2.20. The Balaban J connectivity index is 2.03. The SMILES string of the molecule is COc1ccccc1C(C)CC(=O)Nc1ccc(C(C)(C)C(=O)O)cc1. The Kier molecular flexibility index (Phi) is 6.03. The van der Waals surface area contributed by atoms with Crippen molar-refractivity contribution in [3.63, 3.8) is 0 Å². The summed E-state index contributed by atoms with van der Waals surface area (Å²) in [5.74, 6) is -0.210. The van der Waals surface area contributed by atoms with E-state index in [0.29, 0.717) is 17.7 Å². The lowest BCUT2D eigenvalue weighted by molar-refractivity contribution is -0.142. The van der Waals surface area contributed by atoms with Crippen molar-refractivity contribution in [1.29, 1.82) is 0 Å². The van der Waals surface area contributed by atoms with Crippen LogP contribution in [0.1, 0.15) is 44.2 Å². The van der Waals surface area contributed by atoms with Crippen molar-refractivity contribution in [2.45, 2.75) is 38.5 Å². The summed E-state index contributed by atoms with van der Waals surface area (Å²) >= 11 is 0. The van der Waals surface area contributed by atoms with Crippen LogP contribution in [-0.2, 0) is 15.0 Å². The zero-order valence-corrected chi connectivity index (χ0v) is 15.6. The van der Waals surface area contributed by atoms with Gasteiger partial charge < -0.3 is 15.2 Å². The number of para-hydroxylation sites is 1. The van der Waals surface area contributed by atoms with Crippen LogP contribution in [0.15, 0.2) is 48.5 Å². The van der Waals surface area contributed by atoms with Gasteiger partial charge in [-0.1, -0.05) is 37.3 Å². The third-order valence-electron chi connectivity index (χ3n) is 4.59. The maximum absolute atomic E-state index is 12.3. The van der Waals surface area contributed by atoms with E-state index in [1.165, 1.54) is 0 Å². The number of ether oxygens (including phenoxy) is 1. The highest BCUT2D eigenvalue weighted by Crippen LogP contribution is 2.29. The van der Waals surface area contributed by atoms with Gasteiger partial charge in [-0.15, -0.1) is 0 Å². The molecular weight excluding hydrogens is 330 g/mol. The van der Waals surface area contributed by atoms with Crippen LogP contribution < -0.4 is 10.1 Å². The Morgan fingerprint density at radius 2 is 1.73 bits per heavy atom. The van der Waals surface area contributed by atoms with Crippen molar-refractivity contribution in [2.24, 2.45) is 0 Å². The molecule has 0 aliphatic carbocycles. The average molecular weight is 355 g/mol. The molecule has 0 radical (unpaired) electrons. The van der Waals surface area contributed by atoms with Crippen LogP contribution >= 0.6 is 0 Å². The minimum Gasteiger partial charge on any atom is -0.496 e. The van der Waals surface area contributed by atoms with Crippen LogP contribution in [0.5, 0.6) is 5.75 Å². The largest absolute Gasteiger partial charge is 0.496 e. The molecule has 1 unspecified atom stereocenters. The number of carbonyl (C=O) groups excluding carboxylic acids is 1. The van der Waals surface area contributed by atoms with E-state index in [9.17, 15) is 14.7 Å². The Morgan fingerprint density at radius 1 is 1.12 bits per heavy atom. The molecular formula is C21H25NO4. The Morgan fingerprint density at radius 3 is 2.31 bits per heavy atom. The number of amides is 1. The summed E-state index contributed by atoms with van der Waals surface area (Å²) in [5.41, 5.74) is 1.35. The van der Waals surface area contributed by atoms with E-state index in [0.717, 1.165) is 11.3 Å². The van der Waals surface area contributed by atoms with Gasteiger partial charge in [0.2, 0.25) is 5.91 Å². The van der Waals surface area contributed by atoms with Crippen molar-refractivity contribution in [2.75, 3.05) is 12.4 Å². The molecule has 138 valence electrons. The summed E-state index contributed by atoms with van der Waals surface area (Å²) in [6, 6.07) is 14.6. The molecule has 2 rings (SSSR count). The summed E-state index contributed by atoms with van der Waals surface area (Å²) in [5, 5.41) is 12.1. The second kappa shape index (κ2) is 8.04. The van der Waals surface area contributed by atoms with Crippen molar-refractivity contribution in [1.82, 2.24) is 0 Å². The molecule has 5 nitrogen and oxygen atoms in total. The highest BCUT2D eigenvalue weighted by molar-refractivity contribution is 5.91. The number of benzene rings is 2. The number of anilines is 1. The van der Waals surface area contributed by atoms with E-state index in [1.807, 2.05) is 31.2 Å². The fourth-order valence-electron chi connectivity index (χ4n) is 2.77. The molecule has 0 aliphatic heterocycles. The molecule has 0 aliphatic rings. The van der Waals surface area contributed by atoms with Gasteiger partial charge in [-0.25, -0.2) is 0 Å². The van der Waals surface area contributed by atoms with Crippen molar-refractivity contribution >= 4 is 17.6 Å². The number of carboxylic acids is 1. The van der Waals surface area contributed by atoms with Gasteiger partial charge in [-0.05, 0) is 49.1 Å². The van der Waals surface area contributed by atoms with Gasteiger partial charge in [0.15, 0.2) is 0 Å². The van der Waals surface area contributed by atoms with Gasteiger partial charge in [-0.2, -0.15) is 0 Å². The van der Waals surface area contributed by atoms with E-state index in [1.54, 1.807) is 45.2 Å². The van der Waals surface area contributed by atoms with Gasteiger partial charge in [0.1, 0.15) is 5.75 Å². The molecule has 0 heterocycles. The van der Waals surface area contributed by atoms with E-state index < -0.39 is 11.4 Å². The molecule has 0 spiro atoms. The van der Waals surface area contributed by atoms with Crippen molar-refractivity contribution < 1.29 is 19.4 Å². The van der Waals surface area contributed by atoms with Gasteiger partial charge in [0.05, 0.1) is 12.5 Å². The number of aliphatic carboxylic acids is 1. The smallest absolute Gasteiger partial charge is 0.313 e. The summed E-state index contributed by atoms with van der Waals surface area (Å²) < 4.78 is 5.35. The second-order valence-electron chi connectivity index (χ2n) is 6.90. The number of methoxy groups -OCH3 is 1. The topological polar surface area (TPSA) is 75.6 Å². The first-order valence-corrected chi connectivity index (χ1v) is 8.52. The van der Waals surface area contributed by atoms with Gasteiger partial charge in [-0.3, -0.25) is 9.59 Å². The minimum absolute atomic E-state index is 0.0105. The van der Waals surface area contributed by atoms with Crippen LogP contribution in [0.3, 0.4) is 0 Å². The van der Waals surface area contributed by atoms with E-state index in [4.69, 9.17) is 4.74 Å². The first kappa shape index (κ1) is 19.5. The predicted octanol–water partition coefficient (Wildman–Crippen LogP) is 4.19. The molecule has 1 amide bonds. The summed E-state index contributed by atoms with van der Waals surface area (Å²) in [4.78, 5) is 23.7. The fourth-order valence-corrected chi connectivity index (χ4v) is 2.77. The highest BCUT2D eigenvalue weighted by atomic mass is 16.5. The van der Waals surface area contributed by atoms with Crippen LogP contribution in [-0.4, -0.2) is 24.1 Å². The lowest BCUT2D eigenvalue weighted by atomic mass is 9.85. The van der Waals surface area contributed by atoms with Crippen LogP contribution in [0.25, 0.3) is 0 Å². The number of rotatable bonds is 7. The lowest BCUT2D eigenvalue weighted by Crippen LogP contribution is -2.28. The molecule has 0 saturated carbocycles. The Hall–Kier alpha value is -2.82. The zero-order valence-electron chi connectivity index (χ0n) is 15.6. The standard InChI is InChI=1S/C21H25NO4/c1-14(17-7-5-6-8-18(17)26-4)13-19(23)22-16-11-9-15(10-12-16)21(2,3)20(24)25/h5-12,14H,13H2,1-4H3,(H,22,23)(H,24,25). The summed E-state index contributed by atoms with van der Waals surface area (Å²) in [6.45, 7) is 5.28. The monoisotopic (exact) mass is 355 g/mol. The Labute approximate surface area is 154 Å². The zero-order chi connectivity index (χ0) is 19.3. The molecule has 5 heteroatoms. The third kappa shape index (κ3) is 4.42. The molecule has 26 heavy (non-hydrogen) atoms. The first-order chi connectivity index (χ1) is 12.3. The molecule has 1 atom stereocenters. The molecule has 0 bridgehead atoms.